The van der Waals surface area contributed by atoms with Crippen LogP contribution in [0.3, 0.4) is 0 Å². The van der Waals surface area contributed by atoms with Crippen molar-refractivity contribution in [1.82, 2.24) is 9.80 Å². The van der Waals surface area contributed by atoms with E-state index < -0.39 is 0 Å². The molecule has 0 aromatic heterocycles. The molecular weight excluding hydrogens is 368 g/mol. The molecule has 0 aliphatic carbocycles. The number of benzene rings is 1. The highest BCUT2D eigenvalue weighted by atomic mass is 16.2. The molecule has 0 saturated carbocycles. The topological polar surface area (TPSA) is 73.0 Å². The van der Waals surface area contributed by atoms with E-state index in [0.29, 0.717) is 18.7 Å². The normalized spacial score (nSPS) is 18.1. The summed E-state index contributed by atoms with van der Waals surface area (Å²) in [5, 5.41) is 2.94. The summed E-state index contributed by atoms with van der Waals surface area (Å²) < 4.78 is 0. The highest BCUT2D eigenvalue weighted by Gasteiger charge is 2.28. The first-order valence-electron chi connectivity index (χ1n) is 10.7. The van der Waals surface area contributed by atoms with E-state index in [1.165, 1.54) is 0 Å². The van der Waals surface area contributed by atoms with Gasteiger partial charge in [-0.25, -0.2) is 0 Å². The van der Waals surface area contributed by atoms with Crippen LogP contribution < -0.4 is 10.2 Å². The largest absolute Gasteiger partial charge is 0.343 e. The van der Waals surface area contributed by atoms with Gasteiger partial charge < -0.3 is 15.1 Å². The van der Waals surface area contributed by atoms with E-state index in [1.807, 2.05) is 43.0 Å². The van der Waals surface area contributed by atoms with Gasteiger partial charge in [0.25, 0.3) is 0 Å². The van der Waals surface area contributed by atoms with Gasteiger partial charge in [0.05, 0.1) is 6.54 Å². The molecule has 0 unspecified atom stereocenters. The highest BCUT2D eigenvalue weighted by molar-refractivity contribution is 5.97. The number of hydrogen-bond donors (Lipinski definition) is 1. The predicted octanol–water partition coefficient (Wildman–Crippen LogP) is 2.33. The van der Waals surface area contributed by atoms with Gasteiger partial charge in [0.15, 0.2) is 0 Å². The molecule has 1 aromatic rings. The van der Waals surface area contributed by atoms with E-state index in [9.17, 15) is 14.4 Å². The number of nitrogens with zero attached hydrogens (tertiary/aromatic N) is 3. The van der Waals surface area contributed by atoms with Crippen LogP contribution in [0, 0.1) is 5.92 Å². The Morgan fingerprint density at radius 3 is 2.48 bits per heavy atom. The zero-order chi connectivity index (χ0) is 20.8. The zero-order valence-corrected chi connectivity index (χ0v) is 17.5. The number of likely N-dealkylation sites (tertiary alicyclic amines) is 1. The number of anilines is 2. The molecule has 2 aliphatic heterocycles. The third-order valence-corrected chi connectivity index (χ3v) is 5.89. The van der Waals surface area contributed by atoms with E-state index >= 15 is 0 Å². The molecule has 0 bridgehead atoms. The van der Waals surface area contributed by atoms with Crippen LogP contribution in [0.2, 0.25) is 0 Å². The summed E-state index contributed by atoms with van der Waals surface area (Å²) >= 11 is 0. The first-order valence-corrected chi connectivity index (χ1v) is 10.7. The van der Waals surface area contributed by atoms with Gasteiger partial charge >= 0.3 is 0 Å². The van der Waals surface area contributed by atoms with Crippen molar-refractivity contribution in [2.45, 2.75) is 39.5 Å². The van der Waals surface area contributed by atoms with E-state index in [1.54, 1.807) is 4.90 Å². The summed E-state index contributed by atoms with van der Waals surface area (Å²) in [6, 6.07) is 7.46. The Morgan fingerprint density at radius 2 is 1.86 bits per heavy atom. The fourth-order valence-electron chi connectivity index (χ4n) is 4.21. The number of amides is 3. The quantitative estimate of drug-likeness (QED) is 0.762. The number of hydrogen-bond acceptors (Lipinski definition) is 4. The van der Waals surface area contributed by atoms with Crippen LogP contribution in [0.15, 0.2) is 24.3 Å². The van der Waals surface area contributed by atoms with E-state index in [-0.39, 0.29) is 23.6 Å². The lowest BCUT2D eigenvalue weighted by molar-refractivity contribution is -0.136. The standard InChI is InChI=1S/C22H32N4O3/c1-3-25(4-2)22(29)17-10-13-24(14-11-17)16-20(27)23-18-7-5-8-19(15-18)26-12-6-9-21(26)28/h5,7-8,15,17H,3-4,6,9-14,16H2,1-2H3,(H,23,27). The molecule has 0 radical (unpaired) electrons. The van der Waals surface area contributed by atoms with Crippen molar-refractivity contribution in [3.8, 4) is 0 Å². The Morgan fingerprint density at radius 1 is 1.14 bits per heavy atom. The molecule has 3 rings (SSSR count). The second-order valence-electron chi connectivity index (χ2n) is 7.81. The molecule has 2 aliphatic rings. The monoisotopic (exact) mass is 400 g/mol. The average Bonchev–Trinajstić information content (AvgIpc) is 3.15. The minimum atomic E-state index is -0.0663. The Labute approximate surface area is 173 Å². The molecule has 0 atom stereocenters. The number of carbonyl (C=O) groups is 3. The van der Waals surface area contributed by atoms with Crippen LogP contribution in [0.25, 0.3) is 0 Å². The van der Waals surface area contributed by atoms with E-state index in [0.717, 1.165) is 57.7 Å². The van der Waals surface area contributed by atoms with Crippen molar-refractivity contribution in [1.29, 1.82) is 0 Å². The lowest BCUT2D eigenvalue weighted by Crippen LogP contribution is -2.44. The van der Waals surface area contributed by atoms with Crippen molar-refractivity contribution in [2.75, 3.05) is 49.5 Å². The summed E-state index contributed by atoms with van der Waals surface area (Å²) in [5.41, 5.74) is 1.54. The van der Waals surface area contributed by atoms with Gasteiger partial charge in [0, 0.05) is 43.3 Å². The first kappa shape index (κ1) is 21.3. The van der Waals surface area contributed by atoms with E-state index in [4.69, 9.17) is 0 Å². The lowest BCUT2D eigenvalue weighted by atomic mass is 9.95. The SMILES string of the molecule is CCN(CC)C(=O)C1CCN(CC(=O)Nc2cccc(N3CCCC3=O)c2)CC1. The first-order chi connectivity index (χ1) is 14.0. The molecule has 2 saturated heterocycles. The van der Waals surface area contributed by atoms with Crippen molar-refractivity contribution in [3.63, 3.8) is 0 Å². The molecule has 2 fully saturated rings. The molecule has 7 nitrogen and oxygen atoms in total. The lowest BCUT2D eigenvalue weighted by Gasteiger charge is -2.33. The third kappa shape index (κ3) is 5.35. The van der Waals surface area contributed by atoms with Crippen LogP contribution in [0.4, 0.5) is 11.4 Å². The van der Waals surface area contributed by atoms with Crippen molar-refractivity contribution in [3.05, 3.63) is 24.3 Å². The number of carbonyl (C=O) groups excluding carboxylic acids is 3. The highest BCUT2D eigenvalue weighted by Crippen LogP contribution is 2.24. The predicted molar refractivity (Wildman–Crippen MR) is 114 cm³/mol. The molecule has 2 heterocycles. The molecule has 158 valence electrons. The van der Waals surface area contributed by atoms with Gasteiger partial charge in [-0.05, 0) is 64.4 Å². The summed E-state index contributed by atoms with van der Waals surface area (Å²) in [6.45, 7) is 8.09. The van der Waals surface area contributed by atoms with Gasteiger partial charge in [0.2, 0.25) is 17.7 Å². The van der Waals surface area contributed by atoms with Gasteiger partial charge in [0.1, 0.15) is 0 Å². The maximum absolute atomic E-state index is 12.5. The fraction of sp³-hybridized carbons (Fsp3) is 0.591. The van der Waals surface area contributed by atoms with Crippen molar-refractivity contribution >= 4 is 29.1 Å². The average molecular weight is 401 g/mol. The molecule has 29 heavy (non-hydrogen) atoms. The molecular formula is C22H32N4O3. The second-order valence-corrected chi connectivity index (χ2v) is 7.81. The summed E-state index contributed by atoms with van der Waals surface area (Å²) in [5.74, 6) is 0.385. The smallest absolute Gasteiger partial charge is 0.238 e. The van der Waals surface area contributed by atoms with Crippen molar-refractivity contribution < 1.29 is 14.4 Å². The fourth-order valence-corrected chi connectivity index (χ4v) is 4.21. The molecule has 3 amide bonds. The van der Waals surface area contributed by atoms with Crippen LogP contribution in [0.5, 0.6) is 0 Å². The Hall–Kier alpha value is -2.41. The minimum absolute atomic E-state index is 0.0663. The van der Waals surface area contributed by atoms with Crippen LogP contribution in [-0.2, 0) is 14.4 Å². The van der Waals surface area contributed by atoms with Crippen LogP contribution in [-0.4, -0.2) is 66.8 Å². The van der Waals surface area contributed by atoms with Crippen molar-refractivity contribution in [2.24, 2.45) is 5.92 Å². The van der Waals surface area contributed by atoms with Gasteiger partial charge in [-0.3, -0.25) is 19.3 Å². The summed E-state index contributed by atoms with van der Waals surface area (Å²) in [4.78, 5) is 42.7. The molecule has 7 heteroatoms. The molecule has 0 spiro atoms. The Bertz CT molecular complexity index is 739. The summed E-state index contributed by atoms with van der Waals surface area (Å²) in [7, 11) is 0. The number of nitrogens with one attached hydrogen (secondary N) is 1. The van der Waals surface area contributed by atoms with E-state index in [2.05, 4.69) is 10.2 Å². The zero-order valence-electron chi connectivity index (χ0n) is 17.5. The van der Waals surface area contributed by atoms with Crippen LogP contribution >= 0.6 is 0 Å². The maximum Gasteiger partial charge on any atom is 0.238 e. The third-order valence-electron chi connectivity index (χ3n) is 5.89. The van der Waals surface area contributed by atoms with Gasteiger partial charge in [-0.2, -0.15) is 0 Å². The summed E-state index contributed by atoms with van der Waals surface area (Å²) in [6.07, 6.45) is 3.07. The maximum atomic E-state index is 12.5. The molecule has 1 aromatic carbocycles. The second kappa shape index (κ2) is 9.87. The number of rotatable bonds is 7. The van der Waals surface area contributed by atoms with Gasteiger partial charge in [-0.1, -0.05) is 6.07 Å². The number of piperidine rings is 1. The van der Waals surface area contributed by atoms with Gasteiger partial charge in [-0.15, -0.1) is 0 Å². The van der Waals surface area contributed by atoms with Crippen LogP contribution in [0.1, 0.15) is 39.5 Å². The Balaban J connectivity index is 1.48. The molecule has 1 N–H and O–H groups in total. The Kier molecular flexibility index (Phi) is 7.25. The minimum Gasteiger partial charge on any atom is -0.343 e.